The van der Waals surface area contributed by atoms with Gasteiger partial charge in [0.1, 0.15) is 5.84 Å². The number of nitrogens with zero attached hydrogens (tertiary/aromatic N) is 1. The molecule has 80 valence electrons. The maximum atomic E-state index is 7.38. The number of nitrogens with two attached hydrogens (primary N) is 1. The average Bonchev–Trinajstić information content (AvgIpc) is 2.30. The summed E-state index contributed by atoms with van der Waals surface area (Å²) in [6.45, 7) is 0. The molecule has 0 fully saturated rings. The Balaban J connectivity index is 2.22. The molecule has 3 nitrogen and oxygen atoms in total. The van der Waals surface area contributed by atoms with E-state index < -0.39 is 0 Å². The van der Waals surface area contributed by atoms with Gasteiger partial charge in [-0.15, -0.1) is 0 Å². The molecule has 1 aromatic heterocycles. The average molecular weight is 211 g/mol. The van der Waals surface area contributed by atoms with Crippen molar-refractivity contribution >= 4 is 5.84 Å². The fourth-order valence-electron chi connectivity index (χ4n) is 1.59. The van der Waals surface area contributed by atoms with Gasteiger partial charge in [0.05, 0.1) is 0 Å². The zero-order chi connectivity index (χ0) is 11.4. The van der Waals surface area contributed by atoms with Crippen LogP contribution in [0, 0.1) is 5.41 Å². The van der Waals surface area contributed by atoms with Gasteiger partial charge in [-0.2, -0.15) is 0 Å². The quantitative estimate of drug-likeness (QED) is 0.602. The zero-order valence-electron chi connectivity index (χ0n) is 8.85. The maximum absolute atomic E-state index is 7.38. The van der Waals surface area contributed by atoms with E-state index >= 15 is 0 Å². The summed E-state index contributed by atoms with van der Waals surface area (Å²) >= 11 is 0. The molecule has 0 radical (unpaired) electrons. The molecule has 2 aromatic rings. The molecular formula is C13H13N3. The van der Waals surface area contributed by atoms with Gasteiger partial charge in [-0.1, -0.05) is 18.2 Å². The normalized spacial score (nSPS) is 10.0. The second-order valence-electron chi connectivity index (χ2n) is 3.65. The number of rotatable bonds is 3. The van der Waals surface area contributed by atoms with Crippen LogP contribution in [-0.2, 0) is 6.42 Å². The van der Waals surface area contributed by atoms with Crippen LogP contribution in [0.4, 0.5) is 0 Å². The van der Waals surface area contributed by atoms with Crippen LogP contribution in [0.25, 0.3) is 0 Å². The molecule has 0 bridgehead atoms. The Morgan fingerprint density at radius 3 is 2.56 bits per heavy atom. The Bertz CT molecular complexity index is 492. The van der Waals surface area contributed by atoms with Gasteiger partial charge in [0.2, 0.25) is 0 Å². The molecular weight excluding hydrogens is 198 g/mol. The summed E-state index contributed by atoms with van der Waals surface area (Å²) in [4.78, 5) is 3.98. The van der Waals surface area contributed by atoms with Crippen molar-refractivity contribution in [2.75, 3.05) is 0 Å². The largest absolute Gasteiger partial charge is 0.384 e. The van der Waals surface area contributed by atoms with Gasteiger partial charge in [0.25, 0.3) is 0 Å². The number of amidine groups is 1. The van der Waals surface area contributed by atoms with Gasteiger partial charge < -0.3 is 5.73 Å². The summed E-state index contributed by atoms with van der Waals surface area (Å²) in [6, 6.07) is 11.7. The number of nitrogens with one attached hydrogen (secondary N) is 1. The lowest BCUT2D eigenvalue weighted by Crippen LogP contribution is -2.11. The Hall–Kier alpha value is -2.16. The number of aromatic nitrogens is 1. The lowest BCUT2D eigenvalue weighted by atomic mass is 10.0. The monoisotopic (exact) mass is 211 g/mol. The van der Waals surface area contributed by atoms with Crippen molar-refractivity contribution in [3.8, 4) is 0 Å². The predicted octanol–water partition coefficient (Wildman–Crippen LogP) is 1.96. The number of hydrogen-bond acceptors (Lipinski definition) is 2. The first kappa shape index (κ1) is 10.4. The minimum absolute atomic E-state index is 0.108. The van der Waals surface area contributed by atoms with Gasteiger partial charge in [-0.25, -0.2) is 0 Å². The Labute approximate surface area is 94.5 Å². The van der Waals surface area contributed by atoms with Crippen LogP contribution in [0.15, 0.2) is 48.8 Å². The van der Waals surface area contributed by atoms with Gasteiger partial charge in [0.15, 0.2) is 0 Å². The zero-order valence-corrected chi connectivity index (χ0v) is 8.85. The van der Waals surface area contributed by atoms with Gasteiger partial charge >= 0.3 is 0 Å². The minimum Gasteiger partial charge on any atom is -0.384 e. The SMILES string of the molecule is N=C(N)c1cccc(Cc2ccncc2)c1. The number of pyridine rings is 1. The third-order valence-corrected chi connectivity index (χ3v) is 2.40. The Kier molecular flexibility index (Phi) is 2.96. The fourth-order valence-corrected chi connectivity index (χ4v) is 1.59. The molecule has 0 saturated heterocycles. The molecule has 0 spiro atoms. The second-order valence-corrected chi connectivity index (χ2v) is 3.65. The Morgan fingerprint density at radius 2 is 1.88 bits per heavy atom. The van der Waals surface area contributed by atoms with Crippen molar-refractivity contribution in [3.63, 3.8) is 0 Å². The molecule has 3 heteroatoms. The minimum atomic E-state index is 0.108. The summed E-state index contributed by atoms with van der Waals surface area (Å²) in [5.74, 6) is 0.108. The van der Waals surface area contributed by atoms with Crippen molar-refractivity contribution in [1.82, 2.24) is 4.98 Å². The van der Waals surface area contributed by atoms with E-state index in [0.29, 0.717) is 0 Å². The van der Waals surface area contributed by atoms with Crippen LogP contribution in [0.2, 0.25) is 0 Å². The lowest BCUT2D eigenvalue weighted by molar-refractivity contribution is 1.16. The topological polar surface area (TPSA) is 62.8 Å². The van der Waals surface area contributed by atoms with Crippen LogP contribution in [0.1, 0.15) is 16.7 Å². The van der Waals surface area contributed by atoms with Crippen LogP contribution >= 0.6 is 0 Å². The third kappa shape index (κ3) is 2.45. The van der Waals surface area contributed by atoms with Crippen molar-refractivity contribution in [2.45, 2.75) is 6.42 Å². The van der Waals surface area contributed by atoms with E-state index in [9.17, 15) is 0 Å². The lowest BCUT2D eigenvalue weighted by Gasteiger charge is -2.04. The highest BCUT2D eigenvalue weighted by molar-refractivity contribution is 5.95. The first-order valence-corrected chi connectivity index (χ1v) is 5.08. The van der Waals surface area contributed by atoms with Gasteiger partial charge in [-0.3, -0.25) is 10.4 Å². The summed E-state index contributed by atoms with van der Waals surface area (Å²) in [5, 5.41) is 7.38. The molecule has 3 N–H and O–H groups in total. The molecule has 0 saturated carbocycles. The van der Waals surface area contributed by atoms with Crippen LogP contribution < -0.4 is 5.73 Å². The Morgan fingerprint density at radius 1 is 1.12 bits per heavy atom. The predicted molar refractivity (Wildman–Crippen MR) is 64.5 cm³/mol. The van der Waals surface area contributed by atoms with Crippen molar-refractivity contribution in [3.05, 3.63) is 65.5 Å². The van der Waals surface area contributed by atoms with Crippen LogP contribution in [0.5, 0.6) is 0 Å². The van der Waals surface area contributed by atoms with E-state index in [1.165, 1.54) is 5.56 Å². The fraction of sp³-hybridized carbons (Fsp3) is 0.0769. The second kappa shape index (κ2) is 4.57. The summed E-state index contributed by atoms with van der Waals surface area (Å²) in [6.07, 6.45) is 4.40. The molecule has 2 rings (SSSR count). The van der Waals surface area contributed by atoms with E-state index in [-0.39, 0.29) is 5.84 Å². The highest BCUT2D eigenvalue weighted by Crippen LogP contribution is 2.10. The molecule has 0 atom stereocenters. The molecule has 1 heterocycles. The van der Waals surface area contributed by atoms with E-state index in [0.717, 1.165) is 17.5 Å². The van der Waals surface area contributed by atoms with E-state index in [2.05, 4.69) is 4.98 Å². The van der Waals surface area contributed by atoms with E-state index in [1.807, 2.05) is 36.4 Å². The first-order chi connectivity index (χ1) is 7.75. The summed E-state index contributed by atoms with van der Waals surface area (Å²) in [5.41, 5.74) is 8.58. The molecule has 0 amide bonds. The number of nitrogen functional groups attached to an aromatic ring is 1. The first-order valence-electron chi connectivity index (χ1n) is 5.08. The smallest absolute Gasteiger partial charge is 0.122 e. The highest BCUT2D eigenvalue weighted by atomic mass is 14.7. The standard InChI is InChI=1S/C13H13N3/c14-13(15)12-3-1-2-11(9-12)8-10-4-6-16-7-5-10/h1-7,9H,8H2,(H3,14,15). The summed E-state index contributed by atoms with van der Waals surface area (Å²) in [7, 11) is 0. The van der Waals surface area contributed by atoms with Gasteiger partial charge in [-0.05, 0) is 35.7 Å². The van der Waals surface area contributed by atoms with Gasteiger partial charge in [0, 0.05) is 18.0 Å². The molecule has 0 unspecified atom stereocenters. The van der Waals surface area contributed by atoms with Crippen LogP contribution in [0.3, 0.4) is 0 Å². The molecule has 0 aliphatic rings. The number of benzene rings is 1. The maximum Gasteiger partial charge on any atom is 0.122 e. The van der Waals surface area contributed by atoms with E-state index in [4.69, 9.17) is 11.1 Å². The van der Waals surface area contributed by atoms with Crippen LogP contribution in [-0.4, -0.2) is 10.8 Å². The highest BCUT2D eigenvalue weighted by Gasteiger charge is 1.99. The van der Waals surface area contributed by atoms with Crippen molar-refractivity contribution in [1.29, 1.82) is 5.41 Å². The molecule has 0 aliphatic carbocycles. The summed E-state index contributed by atoms with van der Waals surface area (Å²) < 4.78 is 0. The third-order valence-electron chi connectivity index (χ3n) is 2.40. The molecule has 16 heavy (non-hydrogen) atoms. The number of hydrogen-bond donors (Lipinski definition) is 2. The molecule has 1 aromatic carbocycles. The van der Waals surface area contributed by atoms with E-state index in [1.54, 1.807) is 12.4 Å². The van der Waals surface area contributed by atoms with Crippen molar-refractivity contribution in [2.24, 2.45) is 5.73 Å². The molecule has 0 aliphatic heterocycles. The van der Waals surface area contributed by atoms with Crippen molar-refractivity contribution < 1.29 is 0 Å².